The van der Waals surface area contributed by atoms with Gasteiger partial charge in [-0.25, -0.2) is 4.79 Å². The number of rotatable bonds is 4. The molecule has 0 bridgehead atoms. The van der Waals surface area contributed by atoms with Gasteiger partial charge in [-0.1, -0.05) is 46.3 Å². The Labute approximate surface area is 126 Å². The third-order valence-corrected chi connectivity index (χ3v) is 3.20. The summed E-state index contributed by atoms with van der Waals surface area (Å²) >= 11 is 3.39. The third-order valence-electron chi connectivity index (χ3n) is 2.67. The molecule has 0 aliphatic carbocycles. The fourth-order valence-electron chi connectivity index (χ4n) is 1.67. The molecule has 3 nitrogen and oxygen atoms in total. The average Bonchev–Trinajstić information content (AvgIpc) is 2.49. The zero-order chi connectivity index (χ0) is 14.4. The third kappa shape index (κ3) is 3.96. The minimum atomic E-state index is -0.395. The zero-order valence-electron chi connectivity index (χ0n) is 11.0. The highest BCUT2D eigenvalue weighted by molar-refractivity contribution is 9.10. The first-order valence-electron chi connectivity index (χ1n) is 6.06. The SMILES string of the molecule is COC(=O)/C=C(\Nc1ccc(Br)cc1)c1ccccc1. The molecule has 0 aromatic heterocycles. The van der Waals surface area contributed by atoms with Crippen LogP contribution in [0, 0.1) is 0 Å². The predicted octanol–water partition coefficient (Wildman–Crippen LogP) is 4.08. The molecule has 0 radical (unpaired) electrons. The van der Waals surface area contributed by atoms with Gasteiger partial charge in [0, 0.05) is 16.2 Å². The van der Waals surface area contributed by atoms with Crippen molar-refractivity contribution in [2.75, 3.05) is 12.4 Å². The lowest BCUT2D eigenvalue weighted by atomic mass is 10.1. The molecular weight excluding hydrogens is 318 g/mol. The summed E-state index contributed by atoms with van der Waals surface area (Å²) in [6.07, 6.45) is 1.44. The number of carbonyl (C=O) groups excluding carboxylic acids is 1. The van der Waals surface area contributed by atoms with Crippen molar-refractivity contribution in [2.24, 2.45) is 0 Å². The Morgan fingerprint density at radius 3 is 2.35 bits per heavy atom. The second kappa shape index (κ2) is 6.91. The lowest BCUT2D eigenvalue weighted by molar-refractivity contribution is -0.134. The van der Waals surface area contributed by atoms with Crippen LogP contribution < -0.4 is 5.32 Å². The van der Waals surface area contributed by atoms with Crippen LogP contribution in [-0.4, -0.2) is 13.1 Å². The molecule has 4 heteroatoms. The number of benzene rings is 2. The Morgan fingerprint density at radius 2 is 1.75 bits per heavy atom. The van der Waals surface area contributed by atoms with Crippen LogP contribution in [-0.2, 0) is 9.53 Å². The molecule has 20 heavy (non-hydrogen) atoms. The van der Waals surface area contributed by atoms with E-state index in [0.29, 0.717) is 5.70 Å². The van der Waals surface area contributed by atoms with E-state index in [2.05, 4.69) is 21.2 Å². The summed E-state index contributed by atoms with van der Waals surface area (Å²) in [7, 11) is 1.36. The van der Waals surface area contributed by atoms with Gasteiger partial charge in [0.15, 0.2) is 0 Å². The van der Waals surface area contributed by atoms with Crippen LogP contribution in [0.4, 0.5) is 5.69 Å². The molecule has 0 heterocycles. The Morgan fingerprint density at radius 1 is 1.10 bits per heavy atom. The predicted molar refractivity (Wildman–Crippen MR) is 84.2 cm³/mol. The Kier molecular flexibility index (Phi) is 4.96. The molecule has 0 atom stereocenters. The van der Waals surface area contributed by atoms with Crippen molar-refractivity contribution in [3.63, 3.8) is 0 Å². The van der Waals surface area contributed by atoms with Crippen molar-refractivity contribution in [2.45, 2.75) is 0 Å². The normalized spacial score (nSPS) is 11.0. The summed E-state index contributed by atoms with van der Waals surface area (Å²) in [6, 6.07) is 17.4. The Hall–Kier alpha value is -2.07. The minimum absolute atomic E-state index is 0.395. The van der Waals surface area contributed by atoms with Gasteiger partial charge in [0.1, 0.15) is 0 Å². The molecule has 1 N–H and O–H groups in total. The van der Waals surface area contributed by atoms with Crippen LogP contribution in [0.15, 0.2) is 65.1 Å². The van der Waals surface area contributed by atoms with Crippen LogP contribution in [0.3, 0.4) is 0 Å². The van der Waals surface area contributed by atoms with E-state index in [1.165, 1.54) is 13.2 Å². The fourth-order valence-corrected chi connectivity index (χ4v) is 1.94. The van der Waals surface area contributed by atoms with Crippen molar-refractivity contribution < 1.29 is 9.53 Å². The first-order chi connectivity index (χ1) is 9.69. The molecule has 2 aromatic rings. The smallest absolute Gasteiger partial charge is 0.332 e. The number of anilines is 1. The standard InChI is InChI=1S/C16H14BrNO2/c1-20-16(19)11-15(12-5-3-2-4-6-12)18-14-9-7-13(17)8-10-14/h2-11,18H,1H3/b15-11-. The van der Waals surface area contributed by atoms with Crippen molar-refractivity contribution in [1.82, 2.24) is 0 Å². The highest BCUT2D eigenvalue weighted by Crippen LogP contribution is 2.20. The minimum Gasteiger partial charge on any atom is -0.466 e. The van der Waals surface area contributed by atoms with Gasteiger partial charge in [-0.3, -0.25) is 0 Å². The molecule has 0 aliphatic rings. The van der Waals surface area contributed by atoms with E-state index >= 15 is 0 Å². The number of esters is 1. The van der Waals surface area contributed by atoms with Crippen molar-refractivity contribution in [3.8, 4) is 0 Å². The number of hydrogen-bond acceptors (Lipinski definition) is 3. The summed E-state index contributed by atoms with van der Waals surface area (Å²) < 4.78 is 5.70. The van der Waals surface area contributed by atoms with Gasteiger partial charge in [0.2, 0.25) is 0 Å². The lowest BCUT2D eigenvalue weighted by Crippen LogP contribution is -2.04. The second-order valence-corrected chi connectivity index (χ2v) is 4.99. The molecule has 0 saturated heterocycles. The Balaban J connectivity index is 2.30. The zero-order valence-corrected chi connectivity index (χ0v) is 12.6. The largest absolute Gasteiger partial charge is 0.466 e. The quantitative estimate of drug-likeness (QED) is 0.677. The number of carbonyl (C=O) groups is 1. The number of nitrogens with one attached hydrogen (secondary N) is 1. The molecule has 2 aromatic carbocycles. The van der Waals surface area contributed by atoms with Crippen molar-refractivity contribution in [1.29, 1.82) is 0 Å². The van der Waals surface area contributed by atoms with E-state index in [0.717, 1.165) is 15.7 Å². The number of hydrogen-bond donors (Lipinski definition) is 1. The van der Waals surface area contributed by atoms with Gasteiger partial charge in [-0.05, 0) is 29.8 Å². The number of halogens is 1. The van der Waals surface area contributed by atoms with Crippen LogP contribution in [0.25, 0.3) is 5.70 Å². The fraction of sp³-hybridized carbons (Fsp3) is 0.0625. The van der Waals surface area contributed by atoms with E-state index in [1.807, 2.05) is 54.6 Å². The van der Waals surface area contributed by atoms with E-state index in [-0.39, 0.29) is 0 Å². The Bertz CT molecular complexity index is 606. The highest BCUT2D eigenvalue weighted by Gasteiger charge is 2.05. The first-order valence-corrected chi connectivity index (χ1v) is 6.86. The van der Waals surface area contributed by atoms with E-state index in [9.17, 15) is 4.79 Å². The van der Waals surface area contributed by atoms with Gasteiger partial charge in [0.05, 0.1) is 12.8 Å². The van der Waals surface area contributed by atoms with E-state index in [4.69, 9.17) is 4.74 Å². The summed E-state index contributed by atoms with van der Waals surface area (Å²) in [6.45, 7) is 0. The maximum Gasteiger partial charge on any atom is 0.332 e. The summed E-state index contributed by atoms with van der Waals surface area (Å²) in [5.41, 5.74) is 2.51. The van der Waals surface area contributed by atoms with Crippen LogP contribution >= 0.6 is 15.9 Å². The van der Waals surface area contributed by atoms with Crippen LogP contribution in [0.1, 0.15) is 5.56 Å². The van der Waals surface area contributed by atoms with Crippen molar-refractivity contribution in [3.05, 3.63) is 70.7 Å². The second-order valence-electron chi connectivity index (χ2n) is 4.08. The molecule has 0 unspecified atom stereocenters. The van der Waals surface area contributed by atoms with Gasteiger partial charge in [-0.2, -0.15) is 0 Å². The van der Waals surface area contributed by atoms with Gasteiger partial charge in [-0.15, -0.1) is 0 Å². The van der Waals surface area contributed by atoms with E-state index < -0.39 is 5.97 Å². The van der Waals surface area contributed by atoms with Crippen molar-refractivity contribution >= 4 is 33.3 Å². The molecule has 0 fully saturated rings. The molecule has 0 aliphatic heterocycles. The summed E-state index contributed by atoms with van der Waals surface area (Å²) in [4.78, 5) is 11.5. The lowest BCUT2D eigenvalue weighted by Gasteiger charge is -2.11. The number of ether oxygens (including phenoxy) is 1. The van der Waals surface area contributed by atoms with Crippen LogP contribution in [0.5, 0.6) is 0 Å². The first kappa shape index (κ1) is 14.3. The number of methoxy groups -OCH3 is 1. The monoisotopic (exact) mass is 331 g/mol. The molecule has 2 rings (SSSR count). The van der Waals surface area contributed by atoms with Crippen LogP contribution in [0.2, 0.25) is 0 Å². The average molecular weight is 332 g/mol. The molecule has 102 valence electrons. The van der Waals surface area contributed by atoms with E-state index in [1.54, 1.807) is 0 Å². The highest BCUT2D eigenvalue weighted by atomic mass is 79.9. The molecule has 0 spiro atoms. The van der Waals surface area contributed by atoms with Gasteiger partial charge >= 0.3 is 5.97 Å². The molecular formula is C16H14BrNO2. The van der Waals surface area contributed by atoms with Gasteiger partial charge in [0.25, 0.3) is 0 Å². The topological polar surface area (TPSA) is 38.3 Å². The summed E-state index contributed by atoms with van der Waals surface area (Å²) in [5.74, 6) is -0.395. The maximum absolute atomic E-state index is 11.5. The summed E-state index contributed by atoms with van der Waals surface area (Å²) in [5, 5.41) is 3.23. The molecule has 0 amide bonds. The molecule has 0 saturated carbocycles. The van der Waals surface area contributed by atoms with Gasteiger partial charge < -0.3 is 10.1 Å². The maximum atomic E-state index is 11.5.